The number of benzene rings is 2. The second-order valence-corrected chi connectivity index (χ2v) is 6.19. The summed E-state index contributed by atoms with van der Waals surface area (Å²) >= 11 is 6.34. The van der Waals surface area contributed by atoms with Crippen molar-refractivity contribution in [2.24, 2.45) is 4.99 Å². The average molecular weight is 334 g/mol. The number of hydrogen-bond acceptors (Lipinski definition) is 2. The van der Waals surface area contributed by atoms with Crippen molar-refractivity contribution >= 4 is 29.3 Å². The van der Waals surface area contributed by atoms with Gasteiger partial charge in [0.2, 0.25) is 0 Å². The molecule has 0 radical (unpaired) electrons. The van der Waals surface area contributed by atoms with Crippen LogP contribution in [0.4, 0.5) is 15.8 Å². The first-order valence-corrected chi connectivity index (χ1v) is 7.71. The Morgan fingerprint density at radius 2 is 1.91 bits per heavy atom. The zero-order valence-electron chi connectivity index (χ0n) is 13.8. The predicted octanol–water partition coefficient (Wildman–Crippen LogP) is 4.65. The van der Waals surface area contributed by atoms with Crippen LogP contribution in [0.25, 0.3) is 0 Å². The summed E-state index contributed by atoms with van der Waals surface area (Å²) in [4.78, 5) is 8.27. The van der Waals surface area contributed by atoms with Crippen LogP contribution in [0.5, 0.6) is 0 Å². The standard InChI is InChI=1S/C18H21ClFN3/c1-13-8-17(21-12-22(2)3)16(19)10-18(13)23(4)11-14-6-5-7-15(20)9-14/h5-10,12H,11H2,1-4H3. The fourth-order valence-corrected chi connectivity index (χ4v) is 2.54. The quantitative estimate of drug-likeness (QED) is 0.586. The van der Waals surface area contributed by atoms with Gasteiger partial charge < -0.3 is 9.80 Å². The van der Waals surface area contributed by atoms with E-state index in [0.717, 1.165) is 22.5 Å². The largest absolute Gasteiger partial charge is 0.370 e. The normalized spacial score (nSPS) is 11.0. The van der Waals surface area contributed by atoms with Crippen molar-refractivity contribution in [3.8, 4) is 0 Å². The molecule has 0 spiro atoms. The van der Waals surface area contributed by atoms with Crippen molar-refractivity contribution in [3.63, 3.8) is 0 Å². The summed E-state index contributed by atoms with van der Waals surface area (Å²) in [7, 11) is 5.78. The van der Waals surface area contributed by atoms with Gasteiger partial charge in [0.1, 0.15) is 5.82 Å². The van der Waals surface area contributed by atoms with E-state index in [0.29, 0.717) is 11.6 Å². The molecule has 3 nitrogen and oxygen atoms in total. The lowest BCUT2D eigenvalue weighted by atomic mass is 10.1. The molecular formula is C18H21ClFN3. The maximum atomic E-state index is 13.3. The molecule has 23 heavy (non-hydrogen) atoms. The molecule has 2 rings (SSSR count). The van der Waals surface area contributed by atoms with Gasteiger partial charge in [-0.15, -0.1) is 0 Å². The van der Waals surface area contributed by atoms with E-state index in [1.54, 1.807) is 18.5 Å². The highest BCUT2D eigenvalue weighted by Crippen LogP contribution is 2.33. The van der Waals surface area contributed by atoms with Crippen LogP contribution < -0.4 is 4.90 Å². The van der Waals surface area contributed by atoms with E-state index >= 15 is 0 Å². The minimum atomic E-state index is -0.223. The Morgan fingerprint density at radius 3 is 2.57 bits per heavy atom. The molecule has 5 heteroatoms. The van der Waals surface area contributed by atoms with Crippen LogP contribution in [0.3, 0.4) is 0 Å². The predicted molar refractivity (Wildman–Crippen MR) is 96.5 cm³/mol. The number of aryl methyl sites for hydroxylation is 1. The lowest BCUT2D eigenvalue weighted by Gasteiger charge is -2.22. The first-order valence-electron chi connectivity index (χ1n) is 7.33. The molecule has 0 fully saturated rings. The lowest BCUT2D eigenvalue weighted by molar-refractivity contribution is 0.625. The first-order chi connectivity index (χ1) is 10.9. The Hall–Kier alpha value is -2.07. The number of nitrogens with zero attached hydrogens (tertiary/aromatic N) is 3. The van der Waals surface area contributed by atoms with Crippen LogP contribution >= 0.6 is 11.6 Å². The Kier molecular flexibility index (Phi) is 5.61. The second-order valence-electron chi connectivity index (χ2n) is 5.78. The van der Waals surface area contributed by atoms with Crippen LogP contribution in [0.2, 0.25) is 5.02 Å². The third kappa shape index (κ3) is 4.70. The molecule has 0 saturated carbocycles. The van der Waals surface area contributed by atoms with Crippen LogP contribution in [0.1, 0.15) is 11.1 Å². The summed E-state index contributed by atoms with van der Waals surface area (Å²) in [6, 6.07) is 10.5. The molecule has 2 aromatic carbocycles. The Morgan fingerprint density at radius 1 is 1.17 bits per heavy atom. The molecule has 122 valence electrons. The Bertz CT molecular complexity index is 713. The molecule has 0 aliphatic carbocycles. The topological polar surface area (TPSA) is 18.8 Å². The van der Waals surface area contributed by atoms with Crippen molar-refractivity contribution in [2.45, 2.75) is 13.5 Å². The van der Waals surface area contributed by atoms with Gasteiger partial charge in [0, 0.05) is 33.4 Å². The summed E-state index contributed by atoms with van der Waals surface area (Å²) in [5.41, 5.74) is 3.72. The SMILES string of the molecule is Cc1cc(N=CN(C)C)c(Cl)cc1N(C)Cc1cccc(F)c1. The maximum Gasteiger partial charge on any atom is 0.123 e. The summed E-state index contributed by atoms with van der Waals surface area (Å²) < 4.78 is 13.3. The third-order valence-corrected chi connectivity index (χ3v) is 3.72. The van der Waals surface area contributed by atoms with Crippen molar-refractivity contribution < 1.29 is 4.39 Å². The van der Waals surface area contributed by atoms with Gasteiger partial charge in [-0.2, -0.15) is 0 Å². The van der Waals surface area contributed by atoms with Crippen LogP contribution in [-0.4, -0.2) is 32.4 Å². The summed E-state index contributed by atoms with van der Waals surface area (Å²) in [5.74, 6) is -0.223. The van der Waals surface area contributed by atoms with Crippen molar-refractivity contribution in [1.82, 2.24) is 4.90 Å². The van der Waals surface area contributed by atoms with E-state index in [1.807, 2.05) is 51.2 Å². The molecule has 0 aliphatic rings. The zero-order chi connectivity index (χ0) is 17.0. The summed E-state index contributed by atoms with van der Waals surface area (Å²) in [6.45, 7) is 2.62. The number of anilines is 1. The van der Waals surface area contributed by atoms with Gasteiger partial charge >= 0.3 is 0 Å². The fraction of sp³-hybridized carbons (Fsp3) is 0.278. The van der Waals surface area contributed by atoms with E-state index in [-0.39, 0.29) is 5.82 Å². The van der Waals surface area contributed by atoms with Gasteiger partial charge in [0.15, 0.2) is 0 Å². The number of halogens is 2. The summed E-state index contributed by atoms with van der Waals surface area (Å²) in [6.07, 6.45) is 1.72. The second kappa shape index (κ2) is 7.47. The van der Waals surface area contributed by atoms with Gasteiger partial charge in [0.25, 0.3) is 0 Å². The van der Waals surface area contributed by atoms with Crippen molar-refractivity contribution in [1.29, 1.82) is 0 Å². The van der Waals surface area contributed by atoms with E-state index in [2.05, 4.69) is 9.89 Å². The highest BCUT2D eigenvalue weighted by molar-refractivity contribution is 6.33. The Labute approximate surface area is 142 Å². The third-order valence-electron chi connectivity index (χ3n) is 3.41. The fourth-order valence-electron chi connectivity index (χ4n) is 2.34. The van der Waals surface area contributed by atoms with E-state index in [4.69, 9.17) is 11.6 Å². The molecule has 0 amide bonds. The van der Waals surface area contributed by atoms with E-state index in [1.165, 1.54) is 6.07 Å². The molecule has 0 unspecified atom stereocenters. The van der Waals surface area contributed by atoms with Crippen LogP contribution in [-0.2, 0) is 6.54 Å². The number of hydrogen-bond donors (Lipinski definition) is 0. The minimum absolute atomic E-state index is 0.223. The Balaban J connectivity index is 2.24. The van der Waals surface area contributed by atoms with Crippen LogP contribution in [0.15, 0.2) is 41.4 Å². The molecule has 0 heterocycles. The maximum absolute atomic E-state index is 13.3. The molecule has 0 aliphatic heterocycles. The minimum Gasteiger partial charge on any atom is -0.370 e. The molecular weight excluding hydrogens is 313 g/mol. The molecule has 0 aromatic heterocycles. The highest BCUT2D eigenvalue weighted by Gasteiger charge is 2.10. The average Bonchev–Trinajstić information content (AvgIpc) is 2.47. The molecule has 2 aromatic rings. The van der Waals surface area contributed by atoms with Crippen LogP contribution in [0, 0.1) is 12.7 Å². The van der Waals surface area contributed by atoms with Gasteiger partial charge in [-0.25, -0.2) is 9.38 Å². The van der Waals surface area contributed by atoms with Crippen molar-refractivity contribution in [2.75, 3.05) is 26.0 Å². The lowest BCUT2D eigenvalue weighted by Crippen LogP contribution is -2.17. The zero-order valence-corrected chi connectivity index (χ0v) is 14.6. The molecule has 0 bridgehead atoms. The van der Waals surface area contributed by atoms with Crippen molar-refractivity contribution in [3.05, 3.63) is 58.4 Å². The highest BCUT2D eigenvalue weighted by atomic mass is 35.5. The van der Waals surface area contributed by atoms with Gasteiger partial charge in [-0.05, 0) is 42.3 Å². The first kappa shape index (κ1) is 17.3. The molecule has 0 atom stereocenters. The summed E-state index contributed by atoms with van der Waals surface area (Å²) in [5, 5.41) is 0.592. The van der Waals surface area contributed by atoms with E-state index in [9.17, 15) is 4.39 Å². The van der Waals surface area contributed by atoms with Gasteiger partial charge in [-0.3, -0.25) is 0 Å². The van der Waals surface area contributed by atoms with E-state index < -0.39 is 0 Å². The number of aliphatic imine (C=N–C) groups is 1. The van der Waals surface area contributed by atoms with Gasteiger partial charge in [-0.1, -0.05) is 23.7 Å². The monoisotopic (exact) mass is 333 g/mol. The van der Waals surface area contributed by atoms with Gasteiger partial charge in [0.05, 0.1) is 17.0 Å². The molecule has 0 N–H and O–H groups in total. The number of rotatable bonds is 5. The smallest absolute Gasteiger partial charge is 0.123 e. The molecule has 0 saturated heterocycles.